The van der Waals surface area contributed by atoms with Crippen LogP contribution in [0.5, 0.6) is 0 Å². The summed E-state index contributed by atoms with van der Waals surface area (Å²) in [4.78, 5) is 4.75. The smallest absolute Gasteiger partial charge is 0.113 e. The Balaban J connectivity index is 2.00. The van der Waals surface area contributed by atoms with Crippen LogP contribution in [0.25, 0.3) is 0 Å². The number of nitrogens with one attached hydrogen (secondary N) is 1. The second-order valence-electron chi connectivity index (χ2n) is 5.35. The molecule has 0 saturated carbocycles. The average molecular weight is 272 g/mol. The average Bonchev–Trinajstić information content (AvgIpc) is 2.86. The number of fused-ring (bicyclic) bond motifs is 1. The van der Waals surface area contributed by atoms with Crippen molar-refractivity contribution in [2.45, 2.75) is 38.6 Å². The predicted molar refractivity (Wildman–Crippen MR) is 80.7 cm³/mol. The minimum absolute atomic E-state index is 0.0437. The summed E-state index contributed by atoms with van der Waals surface area (Å²) in [6.45, 7) is 5.25. The van der Waals surface area contributed by atoms with E-state index in [1.807, 2.05) is 0 Å². The molecule has 1 aliphatic rings. The van der Waals surface area contributed by atoms with Gasteiger partial charge in [-0.3, -0.25) is 0 Å². The van der Waals surface area contributed by atoms with Crippen LogP contribution in [0, 0.1) is 6.92 Å². The second kappa shape index (κ2) is 5.06. The molecule has 0 aliphatic heterocycles. The fraction of sp³-hybridized carbons (Fsp3) is 0.438. The summed E-state index contributed by atoms with van der Waals surface area (Å²) in [5, 5.41) is 7.13. The third-order valence-electron chi connectivity index (χ3n) is 3.98. The van der Waals surface area contributed by atoms with E-state index in [9.17, 15) is 0 Å². The molecule has 0 spiro atoms. The summed E-state index contributed by atoms with van der Waals surface area (Å²) >= 11 is 1.80. The van der Waals surface area contributed by atoms with Crippen molar-refractivity contribution in [3.63, 3.8) is 0 Å². The van der Waals surface area contributed by atoms with Gasteiger partial charge >= 0.3 is 0 Å². The van der Waals surface area contributed by atoms with Gasteiger partial charge in [0, 0.05) is 11.1 Å². The molecule has 1 aromatic heterocycles. The molecule has 1 aliphatic carbocycles. The minimum atomic E-state index is 0.0437. The van der Waals surface area contributed by atoms with Gasteiger partial charge in [-0.25, -0.2) is 4.98 Å². The first-order valence-corrected chi connectivity index (χ1v) is 7.86. The quantitative estimate of drug-likeness (QED) is 0.925. The highest BCUT2D eigenvalue weighted by atomic mass is 32.1. The molecule has 19 heavy (non-hydrogen) atoms. The maximum atomic E-state index is 4.75. The van der Waals surface area contributed by atoms with Crippen LogP contribution in [0.3, 0.4) is 0 Å². The van der Waals surface area contributed by atoms with E-state index in [1.165, 1.54) is 16.1 Å². The van der Waals surface area contributed by atoms with Crippen LogP contribution < -0.4 is 5.32 Å². The third kappa shape index (κ3) is 2.33. The summed E-state index contributed by atoms with van der Waals surface area (Å²) in [5.74, 6) is 0. The molecule has 2 aromatic rings. The molecule has 3 rings (SSSR count). The van der Waals surface area contributed by atoms with E-state index in [2.05, 4.69) is 48.8 Å². The van der Waals surface area contributed by atoms with Gasteiger partial charge in [0.1, 0.15) is 5.01 Å². The fourth-order valence-corrected chi connectivity index (χ4v) is 4.06. The van der Waals surface area contributed by atoms with Gasteiger partial charge in [0.15, 0.2) is 0 Å². The van der Waals surface area contributed by atoms with Crippen LogP contribution in [-0.4, -0.2) is 11.5 Å². The molecule has 2 nitrogen and oxygen atoms in total. The van der Waals surface area contributed by atoms with Gasteiger partial charge in [-0.15, -0.1) is 11.3 Å². The lowest BCUT2D eigenvalue weighted by Crippen LogP contribution is -2.46. The van der Waals surface area contributed by atoms with Gasteiger partial charge in [-0.05, 0) is 43.9 Å². The van der Waals surface area contributed by atoms with Crippen LogP contribution in [0.15, 0.2) is 29.6 Å². The zero-order chi connectivity index (χ0) is 13.3. The lowest BCUT2D eigenvalue weighted by atomic mass is 9.78. The summed E-state index contributed by atoms with van der Waals surface area (Å²) < 4.78 is 0. The molecule has 0 saturated heterocycles. The Morgan fingerprint density at radius 1 is 1.32 bits per heavy atom. The molecule has 1 atom stereocenters. The normalized spacial score (nSPS) is 22.2. The maximum absolute atomic E-state index is 4.75. The number of thiazole rings is 1. The number of nitrogens with zero attached hydrogens (tertiary/aromatic N) is 1. The highest BCUT2D eigenvalue weighted by molar-refractivity contribution is 7.09. The van der Waals surface area contributed by atoms with Crippen molar-refractivity contribution in [2.24, 2.45) is 0 Å². The fourth-order valence-electron chi connectivity index (χ4n) is 3.06. The highest BCUT2D eigenvalue weighted by Crippen LogP contribution is 2.37. The topological polar surface area (TPSA) is 24.9 Å². The van der Waals surface area contributed by atoms with Crippen molar-refractivity contribution in [3.8, 4) is 0 Å². The SMILES string of the molecule is CCNC1(c2nc(C)cs2)CCc2ccccc2C1. The first-order chi connectivity index (χ1) is 9.23. The number of aromatic nitrogens is 1. The first-order valence-electron chi connectivity index (χ1n) is 6.98. The standard InChI is InChI=1S/C16H20N2S/c1-3-17-16(15-18-12(2)11-19-15)9-8-13-6-4-5-7-14(13)10-16/h4-7,11,17H,3,8-10H2,1-2H3. The number of likely N-dealkylation sites (N-methyl/N-ethyl adjacent to an activating group) is 1. The van der Waals surface area contributed by atoms with E-state index in [-0.39, 0.29) is 5.54 Å². The Morgan fingerprint density at radius 3 is 2.79 bits per heavy atom. The van der Waals surface area contributed by atoms with E-state index < -0.39 is 0 Å². The lowest BCUT2D eigenvalue weighted by Gasteiger charge is -2.37. The maximum Gasteiger partial charge on any atom is 0.113 e. The van der Waals surface area contributed by atoms with E-state index in [0.717, 1.165) is 31.5 Å². The largest absolute Gasteiger partial charge is 0.305 e. The number of rotatable bonds is 3. The van der Waals surface area contributed by atoms with Crippen molar-refractivity contribution in [1.82, 2.24) is 10.3 Å². The molecule has 3 heteroatoms. The van der Waals surface area contributed by atoms with E-state index in [1.54, 1.807) is 11.3 Å². The Kier molecular flexibility index (Phi) is 3.42. The van der Waals surface area contributed by atoms with E-state index in [0.29, 0.717) is 0 Å². The molecule has 0 bridgehead atoms. The molecule has 0 fully saturated rings. The van der Waals surface area contributed by atoms with Crippen LogP contribution >= 0.6 is 11.3 Å². The molecule has 1 heterocycles. The number of hydrogen-bond donors (Lipinski definition) is 1. The van der Waals surface area contributed by atoms with Crippen LogP contribution in [0.1, 0.15) is 35.2 Å². The van der Waals surface area contributed by atoms with Gasteiger partial charge in [0.25, 0.3) is 0 Å². The molecule has 1 unspecified atom stereocenters. The number of benzene rings is 1. The summed E-state index contributed by atoms with van der Waals surface area (Å²) in [7, 11) is 0. The third-order valence-corrected chi connectivity index (χ3v) is 5.14. The van der Waals surface area contributed by atoms with Gasteiger partial charge in [0.05, 0.1) is 5.54 Å². The highest BCUT2D eigenvalue weighted by Gasteiger charge is 2.37. The number of hydrogen-bond acceptors (Lipinski definition) is 3. The Bertz CT molecular complexity index is 576. The number of aryl methyl sites for hydroxylation is 2. The van der Waals surface area contributed by atoms with Crippen LogP contribution in [-0.2, 0) is 18.4 Å². The zero-order valence-electron chi connectivity index (χ0n) is 11.6. The van der Waals surface area contributed by atoms with Crippen LogP contribution in [0.4, 0.5) is 0 Å². The monoisotopic (exact) mass is 272 g/mol. The van der Waals surface area contributed by atoms with Crippen molar-refractivity contribution in [1.29, 1.82) is 0 Å². The summed E-state index contributed by atoms with van der Waals surface area (Å²) in [6, 6.07) is 8.82. The van der Waals surface area contributed by atoms with E-state index >= 15 is 0 Å². The molecule has 0 radical (unpaired) electrons. The molecule has 0 amide bonds. The Hall–Kier alpha value is -1.19. The summed E-state index contributed by atoms with van der Waals surface area (Å²) in [6.07, 6.45) is 3.34. The van der Waals surface area contributed by atoms with Crippen molar-refractivity contribution in [3.05, 3.63) is 51.5 Å². The Labute approximate surface area is 118 Å². The van der Waals surface area contributed by atoms with Gasteiger partial charge < -0.3 is 5.32 Å². The molecular weight excluding hydrogens is 252 g/mol. The molecule has 1 N–H and O–H groups in total. The zero-order valence-corrected chi connectivity index (χ0v) is 12.4. The lowest BCUT2D eigenvalue weighted by molar-refractivity contribution is 0.296. The van der Waals surface area contributed by atoms with Crippen molar-refractivity contribution < 1.29 is 0 Å². The van der Waals surface area contributed by atoms with Gasteiger partial charge in [-0.1, -0.05) is 31.2 Å². The molecule has 1 aromatic carbocycles. The molecular formula is C16H20N2S. The van der Waals surface area contributed by atoms with E-state index in [4.69, 9.17) is 4.98 Å². The van der Waals surface area contributed by atoms with Crippen molar-refractivity contribution >= 4 is 11.3 Å². The summed E-state index contributed by atoms with van der Waals surface area (Å²) in [5.41, 5.74) is 4.16. The van der Waals surface area contributed by atoms with Gasteiger partial charge in [0.2, 0.25) is 0 Å². The van der Waals surface area contributed by atoms with Crippen molar-refractivity contribution in [2.75, 3.05) is 6.54 Å². The first kappa shape index (κ1) is 12.8. The van der Waals surface area contributed by atoms with Crippen LogP contribution in [0.2, 0.25) is 0 Å². The molecule has 100 valence electrons. The Morgan fingerprint density at radius 2 is 2.11 bits per heavy atom. The minimum Gasteiger partial charge on any atom is -0.305 e. The second-order valence-corrected chi connectivity index (χ2v) is 6.21. The van der Waals surface area contributed by atoms with Gasteiger partial charge in [-0.2, -0.15) is 0 Å². The predicted octanol–water partition coefficient (Wildman–Crippen LogP) is 3.45.